The minimum Gasteiger partial charge on any atom is -0.319 e. The molecule has 3 aromatic rings. The van der Waals surface area contributed by atoms with Crippen molar-refractivity contribution in [3.8, 4) is 5.95 Å². The largest absolute Gasteiger partial charge is 0.319 e. The zero-order valence-electron chi connectivity index (χ0n) is 12.8. The van der Waals surface area contributed by atoms with Crippen LogP contribution in [0.3, 0.4) is 0 Å². The molecule has 0 fully saturated rings. The van der Waals surface area contributed by atoms with Crippen molar-refractivity contribution in [3.05, 3.63) is 51.0 Å². The number of hydrogen-bond donors (Lipinski definition) is 1. The van der Waals surface area contributed by atoms with Gasteiger partial charge < -0.3 is 5.32 Å². The van der Waals surface area contributed by atoms with Crippen LogP contribution in [0.5, 0.6) is 0 Å². The second-order valence-corrected chi connectivity index (χ2v) is 6.71. The second-order valence-electron chi connectivity index (χ2n) is 4.99. The Morgan fingerprint density at radius 2 is 1.91 bits per heavy atom. The van der Waals surface area contributed by atoms with E-state index in [2.05, 4.69) is 20.3 Å². The summed E-state index contributed by atoms with van der Waals surface area (Å²) in [7, 11) is 0. The van der Waals surface area contributed by atoms with Crippen molar-refractivity contribution < 1.29 is 4.79 Å². The molecule has 1 amide bonds. The van der Waals surface area contributed by atoms with Crippen LogP contribution >= 0.6 is 22.9 Å². The number of rotatable bonds is 3. The van der Waals surface area contributed by atoms with E-state index in [1.54, 1.807) is 24.5 Å². The Labute approximate surface area is 142 Å². The van der Waals surface area contributed by atoms with Crippen LogP contribution in [-0.4, -0.2) is 25.4 Å². The molecule has 3 aromatic heterocycles. The van der Waals surface area contributed by atoms with Crippen LogP contribution in [0.1, 0.15) is 26.9 Å². The fraction of sp³-hybridized carbons (Fsp3) is 0.200. The number of carbonyl (C=O) groups excluding carboxylic acids is 1. The highest BCUT2D eigenvalue weighted by atomic mass is 35.5. The minimum absolute atomic E-state index is 0.232. The normalized spacial score (nSPS) is 10.8. The molecule has 6 nitrogen and oxygen atoms in total. The lowest BCUT2D eigenvalue weighted by atomic mass is 10.4. The predicted molar refractivity (Wildman–Crippen MR) is 90.6 cm³/mol. The summed E-state index contributed by atoms with van der Waals surface area (Å²) in [5.41, 5.74) is 2.46. The smallest absolute Gasteiger partial charge is 0.265 e. The van der Waals surface area contributed by atoms with Gasteiger partial charge in [0.2, 0.25) is 5.95 Å². The summed E-state index contributed by atoms with van der Waals surface area (Å²) < 4.78 is 2.45. The van der Waals surface area contributed by atoms with E-state index < -0.39 is 0 Å². The average molecular weight is 348 g/mol. The van der Waals surface area contributed by atoms with Gasteiger partial charge >= 0.3 is 0 Å². The fourth-order valence-electron chi connectivity index (χ4n) is 2.20. The monoisotopic (exact) mass is 347 g/mol. The topological polar surface area (TPSA) is 72.7 Å². The molecule has 0 saturated carbocycles. The molecule has 1 N–H and O–H groups in total. The molecule has 3 heterocycles. The lowest BCUT2D eigenvalue weighted by Gasteiger charge is -2.07. The van der Waals surface area contributed by atoms with E-state index in [0.29, 0.717) is 20.8 Å². The summed E-state index contributed by atoms with van der Waals surface area (Å²) in [5, 5.41) is 2.75. The van der Waals surface area contributed by atoms with Crippen molar-refractivity contribution in [3.63, 3.8) is 0 Å². The average Bonchev–Trinajstić information content (AvgIpc) is 3.05. The molecule has 0 unspecified atom stereocenters. The Hall–Kier alpha value is -2.25. The minimum atomic E-state index is -0.232. The number of anilines is 1. The van der Waals surface area contributed by atoms with Gasteiger partial charge in [0.15, 0.2) is 0 Å². The van der Waals surface area contributed by atoms with Crippen LogP contribution in [0.15, 0.2) is 24.5 Å². The first-order valence-electron chi connectivity index (χ1n) is 6.87. The van der Waals surface area contributed by atoms with Crippen molar-refractivity contribution in [1.29, 1.82) is 0 Å². The molecular formula is C15H14ClN5OS. The van der Waals surface area contributed by atoms with E-state index in [-0.39, 0.29) is 5.91 Å². The number of halogens is 1. The molecule has 0 aliphatic carbocycles. The van der Waals surface area contributed by atoms with Crippen LogP contribution < -0.4 is 5.32 Å². The van der Waals surface area contributed by atoms with Gasteiger partial charge in [0.25, 0.3) is 5.91 Å². The Balaban J connectivity index is 1.81. The first-order chi connectivity index (χ1) is 11.0. The summed E-state index contributed by atoms with van der Waals surface area (Å²) in [6, 6.07) is 3.37. The van der Waals surface area contributed by atoms with Gasteiger partial charge in [-0.1, -0.05) is 11.6 Å². The highest BCUT2D eigenvalue weighted by Gasteiger charge is 2.13. The van der Waals surface area contributed by atoms with E-state index in [4.69, 9.17) is 11.6 Å². The Morgan fingerprint density at radius 1 is 1.22 bits per heavy atom. The third-order valence-corrected chi connectivity index (χ3v) is 4.64. The third-order valence-electron chi connectivity index (χ3n) is 3.41. The molecule has 0 radical (unpaired) electrons. The van der Waals surface area contributed by atoms with Gasteiger partial charge in [-0.15, -0.1) is 11.3 Å². The van der Waals surface area contributed by atoms with Crippen LogP contribution in [0, 0.1) is 20.8 Å². The molecule has 0 aliphatic heterocycles. The molecular weight excluding hydrogens is 334 g/mol. The van der Waals surface area contributed by atoms with Crippen LogP contribution in [0.2, 0.25) is 4.34 Å². The number of thiophene rings is 1. The van der Waals surface area contributed by atoms with E-state index in [1.165, 1.54) is 11.3 Å². The zero-order chi connectivity index (χ0) is 16.6. The maximum absolute atomic E-state index is 12.1. The first kappa shape index (κ1) is 15.6. The lowest BCUT2D eigenvalue weighted by molar-refractivity contribution is 0.103. The molecule has 0 spiro atoms. The number of aromatic nitrogens is 4. The summed E-state index contributed by atoms with van der Waals surface area (Å²) >= 11 is 7.05. The quantitative estimate of drug-likeness (QED) is 0.786. The molecule has 0 aliphatic rings. The SMILES string of the molecule is Cc1nc(C)n(-c2ncc(NC(=O)c3ccc(Cl)s3)cn2)c1C. The predicted octanol–water partition coefficient (Wildman–Crippen LogP) is 3.55. The first-order valence-corrected chi connectivity index (χ1v) is 8.07. The van der Waals surface area contributed by atoms with Gasteiger partial charge in [-0.05, 0) is 32.9 Å². The second kappa shape index (κ2) is 6.10. The van der Waals surface area contributed by atoms with Gasteiger partial charge in [0, 0.05) is 5.69 Å². The molecule has 23 heavy (non-hydrogen) atoms. The van der Waals surface area contributed by atoms with Crippen molar-refractivity contribution in [2.24, 2.45) is 0 Å². The number of nitrogens with one attached hydrogen (secondary N) is 1. The van der Waals surface area contributed by atoms with E-state index in [1.807, 2.05) is 25.3 Å². The molecule has 8 heteroatoms. The molecule has 0 aromatic carbocycles. The maximum Gasteiger partial charge on any atom is 0.265 e. The number of nitrogens with zero attached hydrogens (tertiary/aromatic N) is 4. The number of hydrogen-bond acceptors (Lipinski definition) is 5. The number of carbonyl (C=O) groups is 1. The molecule has 3 rings (SSSR count). The standard InChI is InChI=1S/C15H14ClN5OS/c1-8-9(2)21(10(3)19-8)15-17-6-11(7-18-15)20-14(22)12-4-5-13(16)23-12/h4-7H,1-3H3,(H,20,22). The van der Waals surface area contributed by atoms with Crippen LogP contribution in [0.25, 0.3) is 5.95 Å². The molecule has 0 bridgehead atoms. The van der Waals surface area contributed by atoms with Crippen molar-refractivity contribution in [2.45, 2.75) is 20.8 Å². The Bertz CT molecular complexity index is 869. The molecule has 118 valence electrons. The van der Waals surface area contributed by atoms with Gasteiger partial charge in [-0.25, -0.2) is 15.0 Å². The van der Waals surface area contributed by atoms with Gasteiger partial charge in [-0.3, -0.25) is 9.36 Å². The Morgan fingerprint density at radius 3 is 2.43 bits per heavy atom. The summed E-state index contributed by atoms with van der Waals surface area (Å²) in [4.78, 5) is 25.6. The van der Waals surface area contributed by atoms with Crippen molar-refractivity contribution >= 4 is 34.5 Å². The number of imidazole rings is 1. The highest BCUT2D eigenvalue weighted by molar-refractivity contribution is 7.18. The number of aryl methyl sites for hydroxylation is 2. The lowest BCUT2D eigenvalue weighted by Crippen LogP contribution is -2.12. The van der Waals surface area contributed by atoms with E-state index in [9.17, 15) is 4.79 Å². The zero-order valence-corrected chi connectivity index (χ0v) is 14.4. The highest BCUT2D eigenvalue weighted by Crippen LogP contribution is 2.22. The Kier molecular flexibility index (Phi) is 4.14. The van der Waals surface area contributed by atoms with Crippen molar-refractivity contribution in [2.75, 3.05) is 5.32 Å². The summed E-state index contributed by atoms with van der Waals surface area (Å²) in [6.45, 7) is 5.81. The maximum atomic E-state index is 12.1. The summed E-state index contributed by atoms with van der Waals surface area (Å²) in [5.74, 6) is 1.12. The molecule has 0 saturated heterocycles. The van der Waals surface area contributed by atoms with Gasteiger partial charge in [0.05, 0.1) is 33.0 Å². The third kappa shape index (κ3) is 3.11. The van der Waals surface area contributed by atoms with E-state index in [0.717, 1.165) is 17.2 Å². The van der Waals surface area contributed by atoms with Crippen LogP contribution in [0.4, 0.5) is 5.69 Å². The molecule has 0 atom stereocenters. The number of amides is 1. The van der Waals surface area contributed by atoms with E-state index >= 15 is 0 Å². The fourth-order valence-corrected chi connectivity index (χ4v) is 3.14. The van der Waals surface area contributed by atoms with Gasteiger partial charge in [0.1, 0.15) is 5.82 Å². The van der Waals surface area contributed by atoms with Crippen LogP contribution in [-0.2, 0) is 0 Å². The van der Waals surface area contributed by atoms with Crippen molar-refractivity contribution in [1.82, 2.24) is 19.5 Å². The van der Waals surface area contributed by atoms with Gasteiger partial charge in [-0.2, -0.15) is 0 Å². The summed E-state index contributed by atoms with van der Waals surface area (Å²) in [6.07, 6.45) is 3.15.